The number of hydrogen-bond donors (Lipinski definition) is 0. The minimum Gasteiger partial charge on any atom is -0.372 e. The van der Waals surface area contributed by atoms with Gasteiger partial charge in [-0.2, -0.15) is 4.31 Å². The summed E-state index contributed by atoms with van der Waals surface area (Å²) in [6.07, 6.45) is 0.577. The van der Waals surface area contributed by atoms with Crippen molar-refractivity contribution in [1.29, 1.82) is 0 Å². The van der Waals surface area contributed by atoms with Gasteiger partial charge in [-0.1, -0.05) is 35.9 Å². The summed E-state index contributed by atoms with van der Waals surface area (Å²) >= 11 is 5.82. The van der Waals surface area contributed by atoms with Crippen molar-refractivity contribution in [2.24, 2.45) is 0 Å². The fourth-order valence-electron chi connectivity index (χ4n) is 2.70. The van der Waals surface area contributed by atoms with E-state index in [4.69, 9.17) is 16.3 Å². The molecule has 23 heavy (non-hydrogen) atoms. The highest BCUT2D eigenvalue weighted by Crippen LogP contribution is 2.23. The second kappa shape index (κ2) is 6.61. The average Bonchev–Trinajstić information content (AvgIpc) is 2.55. The molecule has 0 aliphatic carbocycles. The largest absolute Gasteiger partial charge is 0.372 e. The number of sulfonamides is 1. The van der Waals surface area contributed by atoms with Crippen molar-refractivity contribution < 1.29 is 13.2 Å². The smallest absolute Gasteiger partial charge is 0.242 e. The van der Waals surface area contributed by atoms with Crippen LogP contribution in [0.1, 0.15) is 11.1 Å². The molecule has 0 bridgehead atoms. The maximum absolute atomic E-state index is 12.6. The fourth-order valence-corrected chi connectivity index (χ4v) is 4.03. The summed E-state index contributed by atoms with van der Waals surface area (Å²) in [4.78, 5) is 0.237. The summed E-state index contributed by atoms with van der Waals surface area (Å²) < 4.78 is 32.3. The molecule has 0 amide bonds. The number of hydrogen-bond acceptors (Lipinski definition) is 3. The van der Waals surface area contributed by atoms with Crippen molar-refractivity contribution in [3.8, 4) is 0 Å². The summed E-state index contributed by atoms with van der Waals surface area (Å²) in [6, 6.07) is 14.3. The molecular weight excluding hydrogens is 334 g/mol. The molecule has 0 spiro atoms. The molecule has 0 saturated heterocycles. The van der Waals surface area contributed by atoms with Crippen LogP contribution < -0.4 is 0 Å². The number of halogens is 1. The van der Waals surface area contributed by atoms with E-state index < -0.39 is 10.0 Å². The van der Waals surface area contributed by atoms with Gasteiger partial charge in [0.15, 0.2) is 0 Å². The number of benzene rings is 2. The maximum atomic E-state index is 12.6. The van der Waals surface area contributed by atoms with Crippen LogP contribution in [-0.4, -0.2) is 32.4 Å². The van der Waals surface area contributed by atoms with Gasteiger partial charge in [-0.3, -0.25) is 0 Å². The van der Waals surface area contributed by atoms with Crippen LogP contribution in [0.2, 0.25) is 5.02 Å². The molecule has 1 unspecified atom stereocenters. The first-order valence-electron chi connectivity index (χ1n) is 7.37. The van der Waals surface area contributed by atoms with Crippen molar-refractivity contribution >= 4 is 21.6 Å². The van der Waals surface area contributed by atoms with Gasteiger partial charge >= 0.3 is 0 Å². The van der Waals surface area contributed by atoms with Crippen LogP contribution in [0.25, 0.3) is 0 Å². The minimum atomic E-state index is -3.54. The van der Waals surface area contributed by atoms with Crippen LogP contribution in [0.15, 0.2) is 53.4 Å². The van der Waals surface area contributed by atoms with Crippen molar-refractivity contribution in [1.82, 2.24) is 4.31 Å². The molecule has 1 atom stereocenters. The summed E-state index contributed by atoms with van der Waals surface area (Å²) in [7, 11) is -1.96. The predicted octanol–water partition coefficient (Wildman–Crippen LogP) is 3.10. The lowest BCUT2D eigenvalue weighted by Gasteiger charge is -2.28. The molecule has 2 aromatic rings. The second-order valence-electron chi connectivity index (χ2n) is 5.65. The van der Waals surface area contributed by atoms with Crippen LogP contribution in [0.4, 0.5) is 0 Å². The van der Waals surface area contributed by atoms with E-state index >= 15 is 0 Å². The SMILES string of the molecule is CN(CC1Cc2ccccc2CO1)S(=O)(=O)c1ccc(Cl)cc1. The van der Waals surface area contributed by atoms with Gasteiger partial charge < -0.3 is 4.74 Å². The standard InChI is InChI=1S/C17H18ClNO3S/c1-19(23(20,21)17-8-6-15(18)7-9-17)11-16-10-13-4-2-3-5-14(13)12-22-16/h2-9,16H,10-12H2,1H3. The van der Waals surface area contributed by atoms with E-state index in [1.54, 1.807) is 19.2 Å². The third-order valence-electron chi connectivity index (χ3n) is 4.02. The van der Waals surface area contributed by atoms with E-state index in [2.05, 4.69) is 6.07 Å². The number of ether oxygens (including phenoxy) is 1. The Bertz CT molecular complexity index is 790. The van der Waals surface area contributed by atoms with Gasteiger partial charge in [0.2, 0.25) is 10.0 Å². The topological polar surface area (TPSA) is 46.6 Å². The zero-order chi connectivity index (χ0) is 16.4. The summed E-state index contributed by atoms with van der Waals surface area (Å²) in [5.74, 6) is 0. The van der Waals surface area contributed by atoms with Crippen LogP contribution >= 0.6 is 11.6 Å². The molecule has 1 heterocycles. The van der Waals surface area contributed by atoms with Crippen molar-refractivity contribution in [3.05, 3.63) is 64.7 Å². The summed E-state index contributed by atoms with van der Waals surface area (Å²) in [5.41, 5.74) is 2.40. The lowest BCUT2D eigenvalue weighted by Crippen LogP contribution is -2.38. The predicted molar refractivity (Wildman–Crippen MR) is 90.0 cm³/mol. The van der Waals surface area contributed by atoms with Crippen LogP contribution in [-0.2, 0) is 27.8 Å². The van der Waals surface area contributed by atoms with E-state index in [1.165, 1.54) is 27.6 Å². The zero-order valence-electron chi connectivity index (χ0n) is 12.8. The monoisotopic (exact) mass is 351 g/mol. The molecule has 2 aromatic carbocycles. The molecule has 122 valence electrons. The Morgan fingerprint density at radius 3 is 2.48 bits per heavy atom. The molecular formula is C17H18ClNO3S. The number of nitrogens with zero attached hydrogens (tertiary/aromatic N) is 1. The highest BCUT2D eigenvalue weighted by atomic mass is 35.5. The van der Waals surface area contributed by atoms with Gasteiger partial charge in [0.1, 0.15) is 0 Å². The lowest BCUT2D eigenvalue weighted by molar-refractivity contribution is 0.0202. The number of rotatable bonds is 4. The van der Waals surface area contributed by atoms with Gasteiger partial charge in [-0.05, 0) is 35.4 Å². The Morgan fingerprint density at radius 1 is 1.13 bits per heavy atom. The zero-order valence-corrected chi connectivity index (χ0v) is 14.3. The molecule has 3 rings (SSSR count). The van der Waals surface area contributed by atoms with E-state index in [-0.39, 0.29) is 11.0 Å². The minimum absolute atomic E-state index is 0.142. The Kier molecular flexibility index (Phi) is 4.73. The van der Waals surface area contributed by atoms with Crippen LogP contribution in [0.3, 0.4) is 0 Å². The molecule has 0 fully saturated rings. The molecule has 1 aliphatic heterocycles. The van der Waals surface area contributed by atoms with Gasteiger partial charge in [0.25, 0.3) is 0 Å². The van der Waals surface area contributed by atoms with E-state index in [9.17, 15) is 8.42 Å². The number of fused-ring (bicyclic) bond motifs is 1. The maximum Gasteiger partial charge on any atom is 0.242 e. The van der Waals surface area contributed by atoms with Crippen LogP contribution in [0, 0.1) is 0 Å². The normalized spacial score (nSPS) is 18.0. The fraction of sp³-hybridized carbons (Fsp3) is 0.294. The molecule has 6 heteroatoms. The van der Waals surface area contributed by atoms with E-state index in [0.29, 0.717) is 18.2 Å². The van der Waals surface area contributed by atoms with Gasteiger partial charge in [0, 0.05) is 25.0 Å². The average molecular weight is 352 g/mol. The Hall–Kier alpha value is -1.40. The lowest BCUT2D eigenvalue weighted by atomic mass is 9.99. The van der Waals surface area contributed by atoms with Crippen molar-refractivity contribution in [2.45, 2.75) is 24.0 Å². The Balaban J connectivity index is 1.72. The van der Waals surface area contributed by atoms with Gasteiger partial charge in [-0.15, -0.1) is 0 Å². The highest BCUT2D eigenvalue weighted by Gasteiger charge is 2.26. The first-order valence-corrected chi connectivity index (χ1v) is 9.19. The third-order valence-corrected chi connectivity index (χ3v) is 6.11. The quantitative estimate of drug-likeness (QED) is 0.850. The van der Waals surface area contributed by atoms with Gasteiger partial charge in [-0.25, -0.2) is 8.42 Å². The van der Waals surface area contributed by atoms with Crippen molar-refractivity contribution in [2.75, 3.05) is 13.6 Å². The van der Waals surface area contributed by atoms with E-state index in [1.807, 2.05) is 18.2 Å². The van der Waals surface area contributed by atoms with Crippen molar-refractivity contribution in [3.63, 3.8) is 0 Å². The Morgan fingerprint density at radius 2 is 1.78 bits per heavy atom. The summed E-state index contributed by atoms with van der Waals surface area (Å²) in [6.45, 7) is 0.842. The molecule has 4 nitrogen and oxygen atoms in total. The Labute approximate surface area is 141 Å². The number of likely N-dealkylation sites (N-methyl/N-ethyl adjacent to an activating group) is 1. The molecule has 0 radical (unpaired) electrons. The summed E-state index contributed by atoms with van der Waals surface area (Å²) in [5, 5.41) is 0.513. The molecule has 0 saturated carbocycles. The second-order valence-corrected chi connectivity index (χ2v) is 8.13. The third kappa shape index (κ3) is 3.58. The van der Waals surface area contributed by atoms with Crippen LogP contribution in [0.5, 0.6) is 0 Å². The molecule has 0 aromatic heterocycles. The van der Waals surface area contributed by atoms with E-state index in [0.717, 1.165) is 6.42 Å². The first kappa shape index (κ1) is 16.5. The highest BCUT2D eigenvalue weighted by molar-refractivity contribution is 7.89. The first-order chi connectivity index (χ1) is 11.0. The molecule has 0 N–H and O–H groups in total. The van der Waals surface area contributed by atoms with Gasteiger partial charge in [0.05, 0.1) is 17.6 Å². The molecule has 1 aliphatic rings.